The molecule has 0 aliphatic carbocycles. The topological polar surface area (TPSA) is 52.2 Å². The first-order valence-electron chi connectivity index (χ1n) is 9.88. The predicted octanol–water partition coefficient (Wildman–Crippen LogP) is 3.76. The van der Waals surface area contributed by atoms with Gasteiger partial charge in [-0.1, -0.05) is 18.2 Å². The number of nitrogens with one attached hydrogen (secondary N) is 1. The molecule has 158 valence electrons. The third-order valence-electron chi connectivity index (χ3n) is 5.48. The number of aryl methyl sites for hydroxylation is 1. The maximum Gasteiger partial charge on any atom is 0.416 e. The van der Waals surface area contributed by atoms with Gasteiger partial charge < -0.3 is 9.80 Å². The molecule has 2 aromatic rings. The van der Waals surface area contributed by atoms with Crippen molar-refractivity contribution in [2.75, 3.05) is 33.2 Å². The van der Waals surface area contributed by atoms with Crippen LogP contribution in [0.5, 0.6) is 0 Å². The number of alkyl halides is 3. The number of carbonyl (C=O) groups is 1. The molecule has 8 heteroatoms. The zero-order chi connectivity index (χ0) is 21.0. The number of hydrogen-bond donors (Lipinski definition) is 1. The Morgan fingerprint density at radius 1 is 1.28 bits per heavy atom. The van der Waals surface area contributed by atoms with Crippen molar-refractivity contribution in [2.24, 2.45) is 5.92 Å². The average Bonchev–Trinajstić information content (AvgIpc) is 3.12. The Bertz CT molecular complexity index is 825. The van der Waals surface area contributed by atoms with Gasteiger partial charge in [0.15, 0.2) is 0 Å². The number of benzene rings is 1. The Balaban J connectivity index is 1.43. The quantitative estimate of drug-likeness (QED) is 0.792. The number of nitrogens with zero attached hydrogens (tertiary/aromatic N) is 3. The van der Waals surface area contributed by atoms with E-state index in [0.717, 1.165) is 44.2 Å². The Labute approximate surface area is 168 Å². The number of H-pyrrole nitrogens is 1. The molecule has 2 heterocycles. The first kappa shape index (κ1) is 21.4. The average molecular weight is 408 g/mol. The zero-order valence-electron chi connectivity index (χ0n) is 16.8. The molecule has 1 aromatic heterocycles. The molecule has 1 aliphatic rings. The van der Waals surface area contributed by atoms with E-state index in [2.05, 4.69) is 15.1 Å². The van der Waals surface area contributed by atoms with Crippen LogP contribution in [0.2, 0.25) is 0 Å². The molecule has 3 rings (SSSR count). The third-order valence-corrected chi connectivity index (χ3v) is 5.48. The molecule has 0 bridgehead atoms. The second kappa shape index (κ2) is 8.98. The smallest absolute Gasteiger partial charge is 0.340 e. The number of aromatic amines is 1. The minimum Gasteiger partial charge on any atom is -0.340 e. The minimum atomic E-state index is -4.30. The zero-order valence-corrected chi connectivity index (χ0v) is 16.8. The maximum atomic E-state index is 12.8. The molecule has 0 radical (unpaired) electrons. The summed E-state index contributed by atoms with van der Waals surface area (Å²) in [4.78, 5) is 16.4. The lowest BCUT2D eigenvalue weighted by atomic mass is 9.95. The van der Waals surface area contributed by atoms with E-state index in [1.54, 1.807) is 24.1 Å². The first-order chi connectivity index (χ1) is 13.7. The van der Waals surface area contributed by atoms with Crippen LogP contribution in [0.3, 0.4) is 0 Å². The lowest BCUT2D eigenvalue weighted by Crippen LogP contribution is -2.40. The number of carbonyl (C=O) groups excluding carboxylic acids is 1. The number of rotatable bonds is 6. The number of aromatic nitrogens is 2. The Morgan fingerprint density at radius 3 is 2.62 bits per heavy atom. The second-order valence-electron chi connectivity index (χ2n) is 7.86. The highest BCUT2D eigenvalue weighted by atomic mass is 19.4. The van der Waals surface area contributed by atoms with Gasteiger partial charge in [-0.15, -0.1) is 0 Å². The fourth-order valence-corrected chi connectivity index (χ4v) is 3.78. The second-order valence-corrected chi connectivity index (χ2v) is 7.86. The number of likely N-dealkylation sites (tertiary alicyclic amines) is 1. The van der Waals surface area contributed by atoms with Crippen molar-refractivity contribution in [1.82, 2.24) is 20.0 Å². The van der Waals surface area contributed by atoms with E-state index >= 15 is 0 Å². The molecule has 5 nitrogen and oxygen atoms in total. The van der Waals surface area contributed by atoms with Crippen molar-refractivity contribution < 1.29 is 18.0 Å². The molecule has 1 saturated heterocycles. The highest BCUT2D eigenvalue weighted by Crippen LogP contribution is 2.29. The summed E-state index contributed by atoms with van der Waals surface area (Å²) in [7, 11) is 1.80. The van der Waals surface area contributed by atoms with E-state index < -0.39 is 11.7 Å². The maximum absolute atomic E-state index is 12.8. The van der Waals surface area contributed by atoms with Crippen LogP contribution in [-0.2, 0) is 12.6 Å². The standard InChI is InChI=1S/C21H27F3N4O/c1-15-12-19(26-25-15)20(29)27(2)14-17-7-10-28(11-8-17)9-6-16-4-3-5-18(13-16)21(22,23)24/h3-5,12-13,17H,6-11,14H2,1-2H3,(H,25,26). The van der Waals surface area contributed by atoms with E-state index in [-0.39, 0.29) is 5.91 Å². The van der Waals surface area contributed by atoms with Crippen molar-refractivity contribution in [3.05, 3.63) is 52.8 Å². The third kappa shape index (κ3) is 5.82. The van der Waals surface area contributed by atoms with Gasteiger partial charge in [0.1, 0.15) is 5.69 Å². The van der Waals surface area contributed by atoms with Gasteiger partial charge in [0.05, 0.1) is 5.56 Å². The van der Waals surface area contributed by atoms with E-state index in [1.165, 1.54) is 12.1 Å². The Kier molecular flexibility index (Phi) is 6.62. The van der Waals surface area contributed by atoms with Gasteiger partial charge in [-0.2, -0.15) is 18.3 Å². The highest BCUT2D eigenvalue weighted by Gasteiger charge is 2.30. The molecule has 0 atom stereocenters. The van der Waals surface area contributed by atoms with Gasteiger partial charge in [-0.25, -0.2) is 0 Å². The van der Waals surface area contributed by atoms with Crippen LogP contribution in [-0.4, -0.2) is 59.1 Å². The molecule has 1 aliphatic heterocycles. The summed E-state index contributed by atoms with van der Waals surface area (Å²) in [6.45, 7) is 5.08. The van der Waals surface area contributed by atoms with Crippen LogP contribution < -0.4 is 0 Å². The molecule has 1 N–H and O–H groups in total. The van der Waals surface area contributed by atoms with Crippen LogP contribution in [0.15, 0.2) is 30.3 Å². The Morgan fingerprint density at radius 2 is 2.00 bits per heavy atom. The van der Waals surface area contributed by atoms with Crippen molar-refractivity contribution in [3.63, 3.8) is 0 Å². The molecular formula is C21H27F3N4O. The fraction of sp³-hybridized carbons (Fsp3) is 0.524. The monoisotopic (exact) mass is 408 g/mol. The highest BCUT2D eigenvalue weighted by molar-refractivity contribution is 5.92. The molecule has 0 saturated carbocycles. The largest absolute Gasteiger partial charge is 0.416 e. The number of halogens is 3. The first-order valence-corrected chi connectivity index (χ1v) is 9.88. The van der Waals surface area contributed by atoms with Crippen LogP contribution in [0.4, 0.5) is 13.2 Å². The van der Waals surface area contributed by atoms with E-state index in [4.69, 9.17) is 0 Å². The number of piperidine rings is 1. The molecule has 0 spiro atoms. The number of hydrogen-bond acceptors (Lipinski definition) is 3. The molecule has 29 heavy (non-hydrogen) atoms. The SMILES string of the molecule is Cc1cc(C(=O)N(C)CC2CCN(CCc3cccc(C(F)(F)F)c3)CC2)n[nH]1. The lowest BCUT2D eigenvalue weighted by molar-refractivity contribution is -0.137. The van der Waals surface area contributed by atoms with E-state index in [9.17, 15) is 18.0 Å². The molecular weight excluding hydrogens is 381 g/mol. The van der Waals surface area contributed by atoms with Gasteiger partial charge in [0.25, 0.3) is 5.91 Å². The number of amides is 1. The summed E-state index contributed by atoms with van der Waals surface area (Å²) < 4.78 is 38.5. The fourth-order valence-electron chi connectivity index (χ4n) is 3.78. The Hall–Kier alpha value is -2.35. The van der Waals surface area contributed by atoms with Crippen LogP contribution in [0.25, 0.3) is 0 Å². The van der Waals surface area contributed by atoms with Gasteiger partial charge >= 0.3 is 6.18 Å². The van der Waals surface area contributed by atoms with Gasteiger partial charge in [-0.3, -0.25) is 9.89 Å². The molecule has 0 unspecified atom stereocenters. The predicted molar refractivity (Wildman–Crippen MR) is 105 cm³/mol. The summed E-state index contributed by atoms with van der Waals surface area (Å²) in [5, 5.41) is 6.81. The minimum absolute atomic E-state index is 0.0821. The van der Waals surface area contributed by atoms with Crippen molar-refractivity contribution in [2.45, 2.75) is 32.4 Å². The molecule has 1 aromatic carbocycles. The van der Waals surface area contributed by atoms with E-state index in [0.29, 0.717) is 30.1 Å². The molecule has 1 fully saturated rings. The van der Waals surface area contributed by atoms with Crippen LogP contribution >= 0.6 is 0 Å². The summed E-state index contributed by atoms with van der Waals surface area (Å²) >= 11 is 0. The summed E-state index contributed by atoms with van der Waals surface area (Å²) in [6.07, 6.45) is -1.75. The normalized spacial score (nSPS) is 16.2. The molecule has 1 amide bonds. The van der Waals surface area contributed by atoms with Gasteiger partial charge in [0.2, 0.25) is 0 Å². The van der Waals surface area contributed by atoms with Gasteiger partial charge in [-0.05, 0) is 62.9 Å². The summed E-state index contributed by atoms with van der Waals surface area (Å²) in [6, 6.07) is 7.31. The van der Waals surface area contributed by atoms with E-state index in [1.807, 2.05) is 6.92 Å². The summed E-state index contributed by atoms with van der Waals surface area (Å²) in [5.74, 6) is 0.343. The van der Waals surface area contributed by atoms with Gasteiger partial charge in [0, 0.05) is 25.8 Å². The van der Waals surface area contributed by atoms with Crippen LogP contribution in [0.1, 0.15) is 40.2 Å². The van der Waals surface area contributed by atoms with Crippen LogP contribution in [0, 0.1) is 12.8 Å². The summed E-state index contributed by atoms with van der Waals surface area (Å²) in [5.41, 5.74) is 1.41. The van der Waals surface area contributed by atoms with Crippen molar-refractivity contribution >= 4 is 5.91 Å². The van der Waals surface area contributed by atoms with Crippen molar-refractivity contribution in [3.8, 4) is 0 Å². The lowest BCUT2D eigenvalue weighted by Gasteiger charge is -2.33. The van der Waals surface area contributed by atoms with Crippen molar-refractivity contribution in [1.29, 1.82) is 0 Å².